The van der Waals surface area contributed by atoms with Gasteiger partial charge >= 0.3 is 0 Å². The van der Waals surface area contributed by atoms with E-state index in [-0.39, 0.29) is 6.10 Å². The van der Waals surface area contributed by atoms with Gasteiger partial charge in [-0.3, -0.25) is 4.55 Å². The molecule has 158 valence electrons. The normalized spacial score (nSPS) is 14.5. The lowest BCUT2D eigenvalue weighted by molar-refractivity contribution is 0.156. The van der Waals surface area contributed by atoms with Gasteiger partial charge in [0.25, 0.3) is 10.1 Å². The zero-order chi connectivity index (χ0) is 19.7. The Morgan fingerprint density at radius 3 is 1.42 bits per heavy atom. The summed E-state index contributed by atoms with van der Waals surface area (Å²) in [6.45, 7) is 4.20. The van der Waals surface area contributed by atoms with Gasteiger partial charge in [-0.05, 0) is 25.7 Å². The third-order valence-electron chi connectivity index (χ3n) is 5.34. The van der Waals surface area contributed by atoms with Crippen LogP contribution >= 0.6 is 0 Å². The van der Waals surface area contributed by atoms with Gasteiger partial charge in [0.15, 0.2) is 0 Å². The number of hydrogen-bond acceptors (Lipinski definition) is 3. The molecule has 0 saturated heterocycles. The molecule has 0 aromatic rings. The molecule has 0 aliphatic heterocycles. The first-order chi connectivity index (χ1) is 12.4. The summed E-state index contributed by atoms with van der Waals surface area (Å²) >= 11 is 0. The number of unbranched alkanes of at least 4 members (excludes halogenated alkanes) is 11. The van der Waals surface area contributed by atoms with Crippen molar-refractivity contribution in [3.63, 3.8) is 0 Å². The van der Waals surface area contributed by atoms with Crippen molar-refractivity contribution in [1.29, 1.82) is 0 Å². The molecule has 2 N–H and O–H groups in total. The van der Waals surface area contributed by atoms with Crippen LogP contribution in [-0.2, 0) is 10.1 Å². The van der Waals surface area contributed by atoms with Crippen LogP contribution in [-0.4, -0.2) is 29.4 Å². The van der Waals surface area contributed by atoms with Gasteiger partial charge in [0.1, 0.15) is 0 Å². The quantitative estimate of drug-likeness (QED) is 0.200. The first-order valence-corrected chi connectivity index (χ1v) is 12.6. The van der Waals surface area contributed by atoms with Crippen molar-refractivity contribution < 1.29 is 18.1 Å². The first kappa shape index (κ1) is 25.9. The molecule has 4 nitrogen and oxygen atoms in total. The van der Waals surface area contributed by atoms with Gasteiger partial charge in [0.2, 0.25) is 0 Å². The molecule has 0 bridgehead atoms. The molecule has 0 aliphatic rings. The van der Waals surface area contributed by atoms with E-state index in [1.165, 1.54) is 44.9 Å². The summed E-state index contributed by atoms with van der Waals surface area (Å²) in [7, 11) is -3.90. The van der Waals surface area contributed by atoms with E-state index in [2.05, 4.69) is 6.92 Å². The van der Waals surface area contributed by atoms with Gasteiger partial charge in [0, 0.05) is 0 Å². The predicted molar refractivity (Wildman–Crippen MR) is 111 cm³/mol. The highest BCUT2D eigenvalue weighted by atomic mass is 32.2. The van der Waals surface area contributed by atoms with E-state index in [4.69, 9.17) is 0 Å². The Morgan fingerprint density at radius 2 is 1.04 bits per heavy atom. The van der Waals surface area contributed by atoms with Crippen molar-refractivity contribution in [3.8, 4) is 0 Å². The van der Waals surface area contributed by atoms with Gasteiger partial charge in [-0.2, -0.15) is 8.42 Å². The third kappa shape index (κ3) is 16.1. The van der Waals surface area contributed by atoms with Crippen molar-refractivity contribution in [1.82, 2.24) is 0 Å². The maximum Gasteiger partial charge on any atom is 0.267 e. The van der Waals surface area contributed by atoms with E-state index in [1.807, 2.05) is 6.92 Å². The van der Waals surface area contributed by atoms with E-state index < -0.39 is 15.4 Å². The molecule has 0 aromatic heterocycles. The standard InChI is InChI=1S/C21H44O4S/c1-3-5-6-7-12-15-18-21(26(23,24)25)19-16-13-10-8-9-11-14-17-20(22)4-2/h20-22H,3-19H2,1-2H3,(H,23,24,25). The minimum atomic E-state index is -3.90. The molecule has 0 heterocycles. The largest absolute Gasteiger partial charge is 0.393 e. The lowest BCUT2D eigenvalue weighted by Gasteiger charge is -2.13. The highest BCUT2D eigenvalue weighted by molar-refractivity contribution is 7.86. The van der Waals surface area contributed by atoms with Crippen LogP contribution in [0.1, 0.15) is 123 Å². The SMILES string of the molecule is CCCCCCCCC(CCCCCCCCCC(O)CC)S(=O)(=O)O. The first-order valence-electron chi connectivity index (χ1n) is 11.1. The smallest absolute Gasteiger partial charge is 0.267 e. The van der Waals surface area contributed by atoms with Gasteiger partial charge < -0.3 is 5.11 Å². The molecule has 0 spiro atoms. The molecule has 0 rings (SSSR count). The van der Waals surface area contributed by atoms with Crippen LogP contribution in [0.15, 0.2) is 0 Å². The van der Waals surface area contributed by atoms with Gasteiger partial charge in [-0.1, -0.05) is 97.3 Å². The van der Waals surface area contributed by atoms with Gasteiger partial charge in [-0.15, -0.1) is 0 Å². The number of rotatable bonds is 19. The summed E-state index contributed by atoms with van der Waals surface area (Å²) in [5.74, 6) is 0. The van der Waals surface area contributed by atoms with Gasteiger partial charge in [-0.25, -0.2) is 0 Å². The second-order valence-corrected chi connectivity index (χ2v) is 9.50. The second kappa shape index (κ2) is 17.0. The molecule has 0 saturated carbocycles. The van der Waals surface area contributed by atoms with Crippen LogP contribution in [0, 0.1) is 0 Å². The molecule has 0 fully saturated rings. The average molecular weight is 393 g/mol. The summed E-state index contributed by atoms with van der Waals surface area (Å²) < 4.78 is 32.5. The Kier molecular flexibility index (Phi) is 16.9. The fourth-order valence-electron chi connectivity index (χ4n) is 3.43. The van der Waals surface area contributed by atoms with Crippen molar-refractivity contribution in [2.45, 2.75) is 134 Å². The van der Waals surface area contributed by atoms with Crippen molar-refractivity contribution in [3.05, 3.63) is 0 Å². The lowest BCUT2D eigenvalue weighted by Crippen LogP contribution is -2.20. The van der Waals surface area contributed by atoms with Crippen LogP contribution in [0.2, 0.25) is 0 Å². The third-order valence-corrected chi connectivity index (χ3v) is 6.65. The topological polar surface area (TPSA) is 74.6 Å². The summed E-state index contributed by atoms with van der Waals surface area (Å²) in [5, 5.41) is 8.93. The van der Waals surface area contributed by atoms with E-state index >= 15 is 0 Å². The molecule has 0 aliphatic carbocycles. The van der Waals surface area contributed by atoms with E-state index in [1.54, 1.807) is 0 Å². The van der Waals surface area contributed by atoms with Crippen LogP contribution in [0.4, 0.5) is 0 Å². The minimum absolute atomic E-state index is 0.140. The van der Waals surface area contributed by atoms with Gasteiger partial charge in [0.05, 0.1) is 11.4 Å². The number of aliphatic hydroxyl groups is 1. The molecule has 2 atom stereocenters. The maximum atomic E-state index is 11.6. The van der Waals surface area contributed by atoms with Crippen LogP contribution in [0.3, 0.4) is 0 Å². The second-order valence-electron chi connectivity index (χ2n) is 7.81. The molecular formula is C21H44O4S. The molecule has 2 unspecified atom stereocenters. The fraction of sp³-hybridized carbons (Fsp3) is 1.00. The highest BCUT2D eigenvalue weighted by Gasteiger charge is 2.21. The molecule has 0 amide bonds. The summed E-state index contributed by atoms with van der Waals surface area (Å²) in [4.78, 5) is 0. The summed E-state index contributed by atoms with van der Waals surface area (Å²) in [5.41, 5.74) is 0. The molecule has 0 aromatic carbocycles. The Bertz CT molecular complexity index is 395. The zero-order valence-electron chi connectivity index (χ0n) is 17.3. The number of hydrogen-bond donors (Lipinski definition) is 2. The monoisotopic (exact) mass is 392 g/mol. The van der Waals surface area contributed by atoms with Crippen molar-refractivity contribution >= 4 is 10.1 Å². The average Bonchev–Trinajstić information content (AvgIpc) is 2.59. The van der Waals surface area contributed by atoms with Crippen LogP contribution in [0.5, 0.6) is 0 Å². The fourth-order valence-corrected chi connectivity index (χ4v) is 4.36. The van der Waals surface area contributed by atoms with E-state index in [0.717, 1.165) is 51.4 Å². The number of aliphatic hydroxyl groups excluding tert-OH is 1. The molecule has 5 heteroatoms. The van der Waals surface area contributed by atoms with E-state index in [9.17, 15) is 18.1 Å². The van der Waals surface area contributed by atoms with Crippen molar-refractivity contribution in [2.75, 3.05) is 0 Å². The maximum absolute atomic E-state index is 11.6. The Labute approximate surface area is 162 Å². The Hall–Kier alpha value is -0.130. The summed E-state index contributed by atoms with van der Waals surface area (Å²) in [6, 6.07) is 0. The molecule has 0 radical (unpaired) electrons. The van der Waals surface area contributed by atoms with Crippen molar-refractivity contribution in [2.24, 2.45) is 0 Å². The minimum Gasteiger partial charge on any atom is -0.393 e. The highest BCUT2D eigenvalue weighted by Crippen LogP contribution is 2.19. The van der Waals surface area contributed by atoms with Crippen LogP contribution < -0.4 is 0 Å². The lowest BCUT2D eigenvalue weighted by atomic mass is 10.0. The van der Waals surface area contributed by atoms with Crippen LogP contribution in [0.25, 0.3) is 0 Å². The Balaban J connectivity index is 3.69. The zero-order valence-corrected chi connectivity index (χ0v) is 18.1. The molecular weight excluding hydrogens is 348 g/mol. The Morgan fingerprint density at radius 1 is 0.654 bits per heavy atom. The summed E-state index contributed by atoms with van der Waals surface area (Å²) in [6.07, 6.45) is 17.3. The van der Waals surface area contributed by atoms with E-state index in [0.29, 0.717) is 12.8 Å². The molecule has 26 heavy (non-hydrogen) atoms. The predicted octanol–water partition coefficient (Wildman–Crippen LogP) is 6.28.